The topological polar surface area (TPSA) is 73.4 Å². The number of fused-ring (bicyclic) bond motifs is 1. The number of aliphatic hydroxyl groups is 1. The maximum Gasteiger partial charge on any atom is 0.138 e. The van der Waals surface area contributed by atoms with Gasteiger partial charge in [0.05, 0.1) is 17.5 Å². The van der Waals surface area contributed by atoms with Gasteiger partial charge in [-0.25, -0.2) is 4.98 Å². The molecule has 0 saturated heterocycles. The summed E-state index contributed by atoms with van der Waals surface area (Å²) in [6.07, 6.45) is 2.54. The van der Waals surface area contributed by atoms with E-state index in [0.29, 0.717) is 13.0 Å². The average molecular weight is 244 g/mol. The molecule has 1 unspecified atom stereocenters. The van der Waals surface area contributed by atoms with Crippen LogP contribution < -0.4 is 5.32 Å². The van der Waals surface area contributed by atoms with Crippen molar-refractivity contribution in [1.29, 1.82) is 5.26 Å². The van der Waals surface area contributed by atoms with Crippen molar-refractivity contribution in [3.63, 3.8) is 0 Å². The van der Waals surface area contributed by atoms with Gasteiger partial charge in [-0.15, -0.1) is 0 Å². The van der Waals surface area contributed by atoms with E-state index in [0.717, 1.165) is 17.0 Å². The molecule has 0 bridgehead atoms. The largest absolute Gasteiger partial charge is 0.396 e. The smallest absolute Gasteiger partial charge is 0.138 e. The van der Waals surface area contributed by atoms with Gasteiger partial charge in [0.2, 0.25) is 0 Å². The Hall–Kier alpha value is -1.90. The molecule has 94 valence electrons. The Labute approximate surface area is 106 Å². The van der Waals surface area contributed by atoms with E-state index < -0.39 is 6.04 Å². The number of nitriles is 1. The van der Waals surface area contributed by atoms with E-state index in [-0.39, 0.29) is 6.61 Å². The van der Waals surface area contributed by atoms with Crippen LogP contribution in [0, 0.1) is 18.3 Å². The number of aryl methyl sites for hydroxylation is 1. The molecule has 0 spiro atoms. The normalized spacial score (nSPS) is 12.5. The van der Waals surface area contributed by atoms with Gasteiger partial charge in [0.25, 0.3) is 0 Å². The van der Waals surface area contributed by atoms with Crippen LogP contribution in [0.15, 0.2) is 24.4 Å². The molecule has 0 aliphatic heterocycles. The lowest BCUT2D eigenvalue weighted by Crippen LogP contribution is -2.23. The van der Waals surface area contributed by atoms with Crippen molar-refractivity contribution in [2.45, 2.75) is 19.4 Å². The van der Waals surface area contributed by atoms with E-state index in [2.05, 4.69) is 16.4 Å². The zero-order valence-corrected chi connectivity index (χ0v) is 10.3. The second kappa shape index (κ2) is 5.63. The lowest BCUT2D eigenvalue weighted by atomic mass is 10.2. The molecule has 5 heteroatoms. The third kappa shape index (κ3) is 2.35. The molecule has 1 atom stereocenters. The highest BCUT2D eigenvalue weighted by atomic mass is 16.3. The second-order valence-electron chi connectivity index (χ2n) is 4.10. The van der Waals surface area contributed by atoms with Crippen molar-refractivity contribution in [2.24, 2.45) is 0 Å². The lowest BCUT2D eigenvalue weighted by Gasteiger charge is -2.11. The van der Waals surface area contributed by atoms with Crippen molar-refractivity contribution in [3.05, 3.63) is 35.8 Å². The summed E-state index contributed by atoms with van der Waals surface area (Å²) in [5.41, 5.74) is 2.56. The molecule has 0 saturated carbocycles. The second-order valence-corrected chi connectivity index (χ2v) is 4.10. The van der Waals surface area contributed by atoms with E-state index in [1.54, 1.807) is 0 Å². The van der Waals surface area contributed by atoms with E-state index in [1.807, 2.05) is 35.7 Å². The third-order valence-electron chi connectivity index (χ3n) is 2.84. The minimum atomic E-state index is -0.408. The Morgan fingerprint density at radius 2 is 2.39 bits per heavy atom. The van der Waals surface area contributed by atoms with Gasteiger partial charge in [0.1, 0.15) is 11.7 Å². The maximum absolute atomic E-state index is 9.26. The summed E-state index contributed by atoms with van der Waals surface area (Å²) in [6.45, 7) is 2.63. The molecule has 2 N–H and O–H groups in total. The molecular formula is C13H16N4O. The first-order valence-electron chi connectivity index (χ1n) is 5.95. The van der Waals surface area contributed by atoms with Crippen molar-refractivity contribution in [2.75, 3.05) is 13.2 Å². The summed E-state index contributed by atoms with van der Waals surface area (Å²) < 4.78 is 1.93. The highest BCUT2D eigenvalue weighted by Gasteiger charge is 2.18. The number of aromatic nitrogens is 2. The molecule has 2 aromatic rings. The van der Waals surface area contributed by atoms with E-state index in [9.17, 15) is 5.26 Å². The summed E-state index contributed by atoms with van der Waals surface area (Å²) in [5, 5.41) is 21.2. The number of pyridine rings is 1. The van der Waals surface area contributed by atoms with Crippen molar-refractivity contribution >= 4 is 5.65 Å². The zero-order valence-electron chi connectivity index (χ0n) is 10.3. The predicted octanol–water partition coefficient (Wildman–Crippen LogP) is 1.18. The van der Waals surface area contributed by atoms with Gasteiger partial charge in [0, 0.05) is 12.8 Å². The first-order chi connectivity index (χ1) is 8.77. The van der Waals surface area contributed by atoms with E-state index >= 15 is 0 Å². The SMILES string of the molecule is Cc1nc2ccccn2c1C(C#N)NCCCO. The van der Waals surface area contributed by atoms with Gasteiger partial charge in [-0.3, -0.25) is 5.32 Å². The quantitative estimate of drug-likeness (QED) is 0.775. The summed E-state index contributed by atoms with van der Waals surface area (Å²) >= 11 is 0. The zero-order chi connectivity index (χ0) is 13.0. The minimum absolute atomic E-state index is 0.122. The van der Waals surface area contributed by atoms with Crippen molar-refractivity contribution in [1.82, 2.24) is 14.7 Å². The molecule has 0 amide bonds. The number of nitrogens with one attached hydrogen (secondary N) is 1. The number of hydrogen-bond acceptors (Lipinski definition) is 4. The first-order valence-corrected chi connectivity index (χ1v) is 5.95. The van der Waals surface area contributed by atoms with Crippen molar-refractivity contribution in [3.8, 4) is 6.07 Å². The van der Waals surface area contributed by atoms with Crippen LogP contribution in [0.4, 0.5) is 0 Å². The van der Waals surface area contributed by atoms with Crippen molar-refractivity contribution < 1.29 is 5.11 Å². The minimum Gasteiger partial charge on any atom is -0.396 e. The van der Waals surface area contributed by atoms with Crippen LogP contribution in [0.1, 0.15) is 23.9 Å². The molecule has 5 nitrogen and oxygen atoms in total. The molecule has 18 heavy (non-hydrogen) atoms. The molecule has 2 heterocycles. The number of hydrogen-bond donors (Lipinski definition) is 2. The summed E-state index contributed by atoms with van der Waals surface area (Å²) in [6, 6.07) is 7.59. The average Bonchev–Trinajstić information content (AvgIpc) is 2.71. The Morgan fingerprint density at radius 3 is 3.11 bits per heavy atom. The number of imidazole rings is 1. The summed E-state index contributed by atoms with van der Waals surface area (Å²) in [4.78, 5) is 4.43. The van der Waals surface area contributed by atoms with Crippen LogP contribution in [0.25, 0.3) is 5.65 Å². The molecule has 0 aromatic carbocycles. The monoisotopic (exact) mass is 244 g/mol. The Kier molecular flexibility index (Phi) is 3.92. The predicted molar refractivity (Wildman–Crippen MR) is 68.0 cm³/mol. The molecule has 2 rings (SSSR count). The number of aliphatic hydroxyl groups excluding tert-OH is 1. The molecule has 0 fully saturated rings. The van der Waals surface area contributed by atoms with Gasteiger partial charge in [-0.05, 0) is 32.0 Å². The number of nitrogens with zero attached hydrogens (tertiary/aromatic N) is 3. The Morgan fingerprint density at radius 1 is 1.56 bits per heavy atom. The summed E-state index contributed by atoms with van der Waals surface area (Å²) in [5.74, 6) is 0. The maximum atomic E-state index is 9.26. The third-order valence-corrected chi connectivity index (χ3v) is 2.84. The van der Waals surface area contributed by atoms with Crippen LogP contribution in [0.2, 0.25) is 0 Å². The summed E-state index contributed by atoms with van der Waals surface area (Å²) in [7, 11) is 0. The highest BCUT2D eigenvalue weighted by molar-refractivity contribution is 5.44. The molecule has 0 radical (unpaired) electrons. The molecule has 0 aliphatic carbocycles. The standard InChI is InChI=1S/C13H16N4O/c1-10-13(11(9-14)15-6-4-8-18)17-7-3-2-5-12(17)16-10/h2-3,5,7,11,15,18H,4,6,8H2,1H3. The fraction of sp³-hybridized carbons (Fsp3) is 0.385. The van der Waals surface area contributed by atoms with Gasteiger partial charge in [0.15, 0.2) is 0 Å². The Balaban J connectivity index is 2.33. The van der Waals surface area contributed by atoms with Crippen LogP contribution >= 0.6 is 0 Å². The van der Waals surface area contributed by atoms with Gasteiger partial charge >= 0.3 is 0 Å². The highest BCUT2D eigenvalue weighted by Crippen LogP contribution is 2.19. The fourth-order valence-corrected chi connectivity index (χ4v) is 2.01. The van der Waals surface area contributed by atoms with Crippen LogP contribution in [0.5, 0.6) is 0 Å². The van der Waals surface area contributed by atoms with Crippen LogP contribution in [-0.4, -0.2) is 27.6 Å². The Bertz CT molecular complexity index is 570. The van der Waals surface area contributed by atoms with Gasteiger partial charge < -0.3 is 9.51 Å². The fourth-order valence-electron chi connectivity index (χ4n) is 2.01. The van der Waals surface area contributed by atoms with Gasteiger partial charge in [-0.1, -0.05) is 6.07 Å². The van der Waals surface area contributed by atoms with Crippen LogP contribution in [0.3, 0.4) is 0 Å². The lowest BCUT2D eigenvalue weighted by molar-refractivity contribution is 0.285. The molecule has 0 aliphatic rings. The number of rotatable bonds is 5. The van der Waals surface area contributed by atoms with E-state index in [1.165, 1.54) is 0 Å². The molecule has 2 aromatic heterocycles. The van der Waals surface area contributed by atoms with E-state index in [4.69, 9.17) is 5.11 Å². The van der Waals surface area contributed by atoms with Gasteiger partial charge in [-0.2, -0.15) is 5.26 Å². The van der Waals surface area contributed by atoms with Crippen LogP contribution in [-0.2, 0) is 0 Å². The molecular weight excluding hydrogens is 228 g/mol. The first kappa shape index (κ1) is 12.6.